The molecule has 0 amide bonds. The number of allylic oxidation sites excluding steroid dienone is 1. The Balaban J connectivity index is 2.60. The number of benzene rings is 1. The van der Waals surface area contributed by atoms with Gasteiger partial charge in [0.15, 0.2) is 0 Å². The molecule has 0 aromatic heterocycles. The smallest absolute Gasteiger partial charge is 0.463 e. The van der Waals surface area contributed by atoms with E-state index in [4.69, 9.17) is 4.74 Å². The first-order valence-electron chi connectivity index (χ1n) is 7.97. The molecule has 0 N–H and O–H groups in total. The van der Waals surface area contributed by atoms with E-state index < -0.39 is 35.0 Å². The minimum absolute atomic E-state index is 0.0331. The van der Waals surface area contributed by atoms with Gasteiger partial charge in [-0.1, -0.05) is 12.1 Å². The van der Waals surface area contributed by atoms with Crippen LogP contribution < -0.4 is 4.74 Å². The highest BCUT2D eigenvalue weighted by Crippen LogP contribution is 2.38. The zero-order valence-electron chi connectivity index (χ0n) is 14.7. The summed E-state index contributed by atoms with van der Waals surface area (Å²) in [4.78, 5) is 27.5. The molecule has 0 saturated heterocycles. The van der Waals surface area contributed by atoms with Crippen molar-refractivity contribution in [2.24, 2.45) is 4.99 Å². The first-order valence-corrected chi connectivity index (χ1v) is 7.97. The predicted molar refractivity (Wildman–Crippen MR) is 89.1 cm³/mol. The third-order valence-corrected chi connectivity index (χ3v) is 3.96. The van der Waals surface area contributed by atoms with Crippen LogP contribution >= 0.6 is 0 Å². The van der Waals surface area contributed by atoms with Crippen LogP contribution in [0.1, 0.15) is 32.3 Å². The topological polar surface area (TPSA) is 91.0 Å². The fraction of sp³-hybridized carbons (Fsp3) is 0.412. The van der Waals surface area contributed by atoms with Crippen LogP contribution in [0.4, 0.5) is 13.2 Å². The van der Waals surface area contributed by atoms with Crippen molar-refractivity contribution in [3.05, 3.63) is 51.2 Å². The second-order valence-corrected chi connectivity index (χ2v) is 5.80. The molecule has 1 aromatic carbocycles. The first kappa shape index (κ1) is 20.4. The maximum Gasteiger partial charge on any atom is 0.573 e. The molecule has 0 aliphatic carbocycles. The van der Waals surface area contributed by atoms with Gasteiger partial charge in [-0.3, -0.25) is 15.1 Å². The molecule has 0 fully saturated rings. The molecule has 0 saturated carbocycles. The number of rotatable bonds is 5. The Morgan fingerprint density at radius 1 is 1.33 bits per heavy atom. The van der Waals surface area contributed by atoms with E-state index in [1.807, 2.05) is 0 Å². The molecule has 1 aliphatic heterocycles. The van der Waals surface area contributed by atoms with Gasteiger partial charge in [-0.15, -0.1) is 13.2 Å². The summed E-state index contributed by atoms with van der Waals surface area (Å²) in [6.07, 6.45) is -4.92. The van der Waals surface area contributed by atoms with E-state index in [-0.39, 0.29) is 29.2 Å². The fourth-order valence-corrected chi connectivity index (χ4v) is 3.03. The number of nitrogens with zero attached hydrogens (tertiary/aromatic N) is 2. The lowest BCUT2D eigenvalue weighted by Crippen LogP contribution is -2.40. The molecule has 146 valence electrons. The van der Waals surface area contributed by atoms with Crippen molar-refractivity contribution in [1.29, 1.82) is 0 Å². The van der Waals surface area contributed by atoms with Crippen molar-refractivity contribution < 1.29 is 32.4 Å². The summed E-state index contributed by atoms with van der Waals surface area (Å²) in [6.45, 7) is 4.53. The summed E-state index contributed by atoms with van der Waals surface area (Å²) >= 11 is 0. The van der Waals surface area contributed by atoms with Gasteiger partial charge in [0.1, 0.15) is 5.75 Å². The number of halogens is 3. The number of aliphatic imine (C=N–C) groups is 1. The monoisotopic (exact) mass is 386 g/mol. The van der Waals surface area contributed by atoms with Crippen LogP contribution in [-0.4, -0.2) is 35.6 Å². The number of alkyl halides is 3. The minimum atomic E-state index is -4.92. The van der Waals surface area contributed by atoms with Crippen LogP contribution in [0, 0.1) is 10.1 Å². The molecule has 0 spiro atoms. The second kappa shape index (κ2) is 7.77. The molecule has 27 heavy (non-hydrogen) atoms. The van der Waals surface area contributed by atoms with Crippen LogP contribution in [-0.2, 0) is 9.53 Å². The van der Waals surface area contributed by atoms with E-state index in [2.05, 4.69) is 9.73 Å². The average Bonchev–Trinajstić information content (AvgIpc) is 2.52. The fourth-order valence-electron chi connectivity index (χ4n) is 3.03. The summed E-state index contributed by atoms with van der Waals surface area (Å²) in [5.74, 6) is -2.50. The number of esters is 1. The van der Waals surface area contributed by atoms with Crippen molar-refractivity contribution in [3.8, 4) is 5.75 Å². The van der Waals surface area contributed by atoms with Crippen LogP contribution in [0.15, 0.2) is 40.5 Å². The number of nitro groups is 1. The number of hydrogen-bond acceptors (Lipinski definition) is 6. The maximum absolute atomic E-state index is 12.5. The summed E-state index contributed by atoms with van der Waals surface area (Å²) in [7, 11) is 0. The Labute approximate surface area is 152 Å². The predicted octanol–water partition coefficient (Wildman–Crippen LogP) is 3.63. The van der Waals surface area contributed by atoms with Crippen LogP contribution in [0.3, 0.4) is 0 Å². The van der Waals surface area contributed by atoms with Gasteiger partial charge in [-0.2, -0.15) is 0 Å². The molecule has 1 heterocycles. The molecule has 2 atom stereocenters. The van der Waals surface area contributed by atoms with Gasteiger partial charge in [0.2, 0.25) is 0 Å². The van der Waals surface area contributed by atoms with Crippen LogP contribution in [0.2, 0.25) is 0 Å². The minimum Gasteiger partial charge on any atom is -0.463 e. The van der Waals surface area contributed by atoms with Crippen molar-refractivity contribution in [2.75, 3.05) is 6.61 Å². The van der Waals surface area contributed by atoms with Crippen molar-refractivity contribution in [1.82, 2.24) is 0 Å². The lowest BCUT2D eigenvalue weighted by molar-refractivity contribution is -0.505. The Morgan fingerprint density at radius 2 is 2.00 bits per heavy atom. The Morgan fingerprint density at radius 3 is 2.56 bits per heavy atom. The van der Waals surface area contributed by atoms with Crippen molar-refractivity contribution >= 4 is 11.7 Å². The molecule has 2 unspecified atom stereocenters. The number of ether oxygens (including phenoxy) is 2. The third kappa shape index (κ3) is 4.63. The van der Waals surface area contributed by atoms with E-state index >= 15 is 0 Å². The lowest BCUT2D eigenvalue weighted by Gasteiger charge is -2.27. The Hall–Kier alpha value is -2.91. The van der Waals surface area contributed by atoms with Gasteiger partial charge in [-0.05, 0) is 38.5 Å². The largest absolute Gasteiger partial charge is 0.573 e. The summed E-state index contributed by atoms with van der Waals surface area (Å²) in [6, 6.07) is 3.35. The van der Waals surface area contributed by atoms with E-state index in [1.54, 1.807) is 6.92 Å². The summed E-state index contributed by atoms with van der Waals surface area (Å²) < 4.78 is 46.4. The highest BCUT2D eigenvalue weighted by Gasteiger charge is 2.45. The molecule has 10 heteroatoms. The normalized spacial score (nSPS) is 20.1. The average molecular weight is 386 g/mol. The van der Waals surface area contributed by atoms with E-state index in [0.717, 1.165) is 12.1 Å². The summed E-state index contributed by atoms with van der Waals surface area (Å²) in [5, 5.41) is 11.6. The number of carbonyl (C=O) groups excluding carboxylic acids is 1. The van der Waals surface area contributed by atoms with E-state index in [1.165, 1.54) is 26.0 Å². The molecule has 0 radical (unpaired) electrons. The molecular formula is C17H17F3N2O5. The molecule has 2 rings (SSSR count). The van der Waals surface area contributed by atoms with Crippen LogP contribution in [0.25, 0.3) is 0 Å². The molecule has 7 nitrogen and oxygen atoms in total. The van der Waals surface area contributed by atoms with Gasteiger partial charge >= 0.3 is 12.3 Å². The second-order valence-electron chi connectivity index (χ2n) is 5.80. The van der Waals surface area contributed by atoms with Gasteiger partial charge < -0.3 is 9.47 Å². The van der Waals surface area contributed by atoms with E-state index in [9.17, 15) is 28.1 Å². The first-order chi connectivity index (χ1) is 12.5. The highest BCUT2D eigenvalue weighted by atomic mass is 19.4. The zero-order chi connectivity index (χ0) is 20.4. The lowest BCUT2D eigenvalue weighted by atomic mass is 9.80. The SMILES string of the molecule is CCOC(=O)C1=C(C)N=C(C)C([N+](=O)[O-])C1c1cccc(OC(F)(F)F)c1. The van der Waals surface area contributed by atoms with Gasteiger partial charge in [0, 0.05) is 10.6 Å². The zero-order valence-corrected chi connectivity index (χ0v) is 14.7. The van der Waals surface area contributed by atoms with Gasteiger partial charge in [0.05, 0.1) is 23.8 Å². The molecule has 1 aromatic rings. The number of hydrogen-bond donors (Lipinski definition) is 0. The number of carbonyl (C=O) groups is 1. The van der Waals surface area contributed by atoms with E-state index in [0.29, 0.717) is 0 Å². The molecule has 1 aliphatic rings. The molecule has 0 bridgehead atoms. The van der Waals surface area contributed by atoms with Crippen LogP contribution in [0.5, 0.6) is 5.75 Å². The van der Waals surface area contributed by atoms with Crippen molar-refractivity contribution in [3.63, 3.8) is 0 Å². The standard InChI is InChI=1S/C17H17F3N2O5/c1-4-26-16(23)13-9(2)21-10(3)15(22(24)25)14(13)11-6-5-7-12(8-11)27-17(18,19)20/h5-8,14-15H,4H2,1-3H3. The molecular weight excluding hydrogens is 369 g/mol. The Bertz CT molecular complexity index is 817. The highest BCUT2D eigenvalue weighted by molar-refractivity contribution is 5.98. The van der Waals surface area contributed by atoms with Gasteiger partial charge in [-0.25, -0.2) is 4.79 Å². The Kier molecular flexibility index (Phi) is 5.87. The van der Waals surface area contributed by atoms with Crippen molar-refractivity contribution in [2.45, 2.75) is 39.1 Å². The quantitative estimate of drug-likeness (QED) is 0.438. The maximum atomic E-state index is 12.5. The van der Waals surface area contributed by atoms with Gasteiger partial charge in [0.25, 0.3) is 6.04 Å². The third-order valence-electron chi connectivity index (χ3n) is 3.96. The summed E-state index contributed by atoms with van der Waals surface area (Å²) in [5.41, 5.74) is 0.414.